The van der Waals surface area contributed by atoms with Crippen LogP contribution in [0.25, 0.3) is 0 Å². The van der Waals surface area contributed by atoms with E-state index < -0.39 is 17.9 Å². The maximum absolute atomic E-state index is 12.2. The minimum absolute atomic E-state index is 0.0667. The van der Waals surface area contributed by atoms with E-state index in [-0.39, 0.29) is 25.0 Å². The zero-order valence-corrected chi connectivity index (χ0v) is 19.5. The zero-order valence-electron chi connectivity index (χ0n) is 19.5. The van der Waals surface area contributed by atoms with Crippen molar-refractivity contribution in [2.24, 2.45) is 17.4 Å². The number of rotatable bonds is 13. The number of hydrogen-bond donors (Lipinski definition) is 2. The lowest BCUT2D eigenvalue weighted by Gasteiger charge is -2.41. The predicted octanol–water partition coefficient (Wildman–Crippen LogP) is 3.43. The second-order valence-corrected chi connectivity index (χ2v) is 8.66. The quantitative estimate of drug-likeness (QED) is 0.368. The summed E-state index contributed by atoms with van der Waals surface area (Å²) in [5.41, 5.74) is 13.3. The molecule has 2 rings (SSSR count). The highest BCUT2D eigenvalue weighted by atomic mass is 16.5. The van der Waals surface area contributed by atoms with E-state index in [0.717, 1.165) is 19.4 Å². The molecule has 2 atom stereocenters. The van der Waals surface area contributed by atoms with Crippen LogP contribution in [-0.2, 0) is 19.7 Å². The molecule has 2 aromatic rings. The Morgan fingerprint density at radius 3 is 2.00 bits per heavy atom. The Morgan fingerprint density at radius 1 is 1.00 bits per heavy atom. The summed E-state index contributed by atoms with van der Waals surface area (Å²) < 4.78 is 5.41. The van der Waals surface area contributed by atoms with Crippen LogP contribution in [0.4, 0.5) is 0 Å². The summed E-state index contributed by atoms with van der Waals surface area (Å²) >= 11 is 0. The van der Waals surface area contributed by atoms with Crippen LogP contribution in [-0.4, -0.2) is 43.1 Å². The molecule has 0 saturated heterocycles. The maximum Gasteiger partial charge on any atom is 0.324 e. The van der Waals surface area contributed by atoms with Crippen LogP contribution in [0.5, 0.6) is 0 Å². The third-order valence-corrected chi connectivity index (χ3v) is 6.16. The first-order valence-electron chi connectivity index (χ1n) is 11.3. The van der Waals surface area contributed by atoms with Gasteiger partial charge < -0.3 is 16.2 Å². The first-order valence-corrected chi connectivity index (χ1v) is 11.3. The molecular formula is C26H37N3O3. The number of carbonyl (C=O) groups is 2. The number of ether oxygens (including phenoxy) is 1. The van der Waals surface area contributed by atoms with Gasteiger partial charge in [0.05, 0.1) is 0 Å². The van der Waals surface area contributed by atoms with E-state index in [9.17, 15) is 9.59 Å². The lowest BCUT2D eigenvalue weighted by atomic mass is 9.65. The third kappa shape index (κ3) is 6.90. The van der Waals surface area contributed by atoms with E-state index >= 15 is 0 Å². The molecule has 2 aromatic carbocycles. The van der Waals surface area contributed by atoms with Crippen molar-refractivity contribution in [1.29, 1.82) is 0 Å². The summed E-state index contributed by atoms with van der Waals surface area (Å²) in [4.78, 5) is 25.1. The largest absolute Gasteiger partial charge is 0.448 e. The number of carbonyl (C=O) groups excluding carboxylic acids is 2. The molecule has 0 heterocycles. The lowest BCUT2D eigenvalue weighted by molar-refractivity contribution is -0.150. The van der Waals surface area contributed by atoms with E-state index in [0.29, 0.717) is 5.92 Å². The van der Waals surface area contributed by atoms with Crippen LogP contribution < -0.4 is 11.5 Å². The summed E-state index contributed by atoms with van der Waals surface area (Å²) in [6.45, 7) is 5.39. The molecule has 0 aromatic heterocycles. The van der Waals surface area contributed by atoms with E-state index in [1.54, 1.807) is 0 Å². The highest BCUT2D eigenvalue weighted by Crippen LogP contribution is 2.41. The molecule has 0 spiro atoms. The molecule has 6 heteroatoms. The predicted molar refractivity (Wildman–Crippen MR) is 128 cm³/mol. The molecule has 0 aliphatic heterocycles. The normalized spacial score (nSPS) is 13.5. The van der Waals surface area contributed by atoms with Crippen LogP contribution in [0.3, 0.4) is 0 Å². The van der Waals surface area contributed by atoms with Gasteiger partial charge in [0.25, 0.3) is 0 Å². The molecule has 6 nitrogen and oxygen atoms in total. The van der Waals surface area contributed by atoms with Gasteiger partial charge in [-0.3, -0.25) is 14.5 Å². The molecule has 174 valence electrons. The molecule has 1 amide bonds. The maximum atomic E-state index is 12.2. The van der Waals surface area contributed by atoms with Gasteiger partial charge in [0.15, 0.2) is 0 Å². The van der Waals surface area contributed by atoms with Crippen LogP contribution in [0.15, 0.2) is 60.7 Å². The summed E-state index contributed by atoms with van der Waals surface area (Å²) in [5, 5.41) is 0. The number of nitrogens with zero attached hydrogens (tertiary/aromatic N) is 1. The second kappa shape index (κ2) is 12.4. The first-order chi connectivity index (χ1) is 15.3. The number of benzene rings is 2. The van der Waals surface area contributed by atoms with Gasteiger partial charge in [-0.15, -0.1) is 0 Å². The van der Waals surface area contributed by atoms with Crippen molar-refractivity contribution in [3.05, 3.63) is 71.8 Å². The standard InChI is InChI=1S/C26H37N3O3/c1-4-11-22(18-29(3)19-32-25(31)23(27)16-17-24(28)30)26(2,20-12-7-5-8-13-20)21-14-9-6-10-15-21/h5-10,12-15,22-23H,4,11,16-19,27H2,1-3H3,(H2,28,30)/t22?,23-/m0/s1. The molecule has 4 N–H and O–H groups in total. The molecule has 0 fully saturated rings. The Bertz CT molecular complexity index is 802. The SMILES string of the molecule is CCCC(CN(C)COC(=O)[C@@H](N)CCC(N)=O)C(C)(c1ccccc1)c1ccccc1. The fourth-order valence-corrected chi connectivity index (χ4v) is 4.24. The summed E-state index contributed by atoms with van der Waals surface area (Å²) in [6, 6.07) is 20.3. The molecule has 1 unspecified atom stereocenters. The van der Waals surface area contributed by atoms with E-state index in [2.05, 4.69) is 62.4 Å². The van der Waals surface area contributed by atoms with Gasteiger partial charge in [-0.05, 0) is 36.9 Å². The Hall–Kier alpha value is -2.70. The van der Waals surface area contributed by atoms with Crippen molar-refractivity contribution in [2.75, 3.05) is 20.3 Å². The van der Waals surface area contributed by atoms with Crippen LogP contribution >= 0.6 is 0 Å². The monoisotopic (exact) mass is 439 g/mol. The van der Waals surface area contributed by atoms with Crippen LogP contribution in [0.2, 0.25) is 0 Å². The minimum atomic E-state index is -0.846. The molecule has 32 heavy (non-hydrogen) atoms. The molecule has 0 bridgehead atoms. The van der Waals surface area contributed by atoms with Gasteiger partial charge in [0.2, 0.25) is 5.91 Å². The number of hydrogen-bond acceptors (Lipinski definition) is 5. The number of nitrogens with two attached hydrogens (primary N) is 2. The van der Waals surface area contributed by atoms with E-state index in [4.69, 9.17) is 16.2 Å². The van der Waals surface area contributed by atoms with E-state index in [1.807, 2.05) is 24.1 Å². The zero-order chi connectivity index (χ0) is 23.6. The van der Waals surface area contributed by atoms with Gasteiger partial charge in [-0.1, -0.05) is 80.9 Å². The topological polar surface area (TPSA) is 98.7 Å². The van der Waals surface area contributed by atoms with Crippen molar-refractivity contribution < 1.29 is 14.3 Å². The number of amides is 1. The van der Waals surface area contributed by atoms with Crippen molar-refractivity contribution in [3.63, 3.8) is 0 Å². The molecule has 0 aliphatic carbocycles. The van der Waals surface area contributed by atoms with Crippen molar-refractivity contribution in [2.45, 2.75) is 51.0 Å². The van der Waals surface area contributed by atoms with Gasteiger partial charge in [0.1, 0.15) is 12.8 Å². The first kappa shape index (κ1) is 25.6. The number of primary amides is 1. The average Bonchev–Trinajstić information content (AvgIpc) is 2.81. The molecular weight excluding hydrogens is 402 g/mol. The molecule has 0 radical (unpaired) electrons. The summed E-state index contributed by atoms with van der Waals surface area (Å²) in [7, 11) is 1.95. The van der Waals surface area contributed by atoms with E-state index in [1.165, 1.54) is 11.1 Å². The highest BCUT2D eigenvalue weighted by molar-refractivity contribution is 5.78. The van der Waals surface area contributed by atoms with Crippen LogP contribution in [0.1, 0.15) is 50.7 Å². The highest BCUT2D eigenvalue weighted by Gasteiger charge is 2.37. The summed E-state index contributed by atoms with van der Waals surface area (Å²) in [5.74, 6) is -0.697. The lowest BCUT2D eigenvalue weighted by Crippen LogP contribution is -2.42. The van der Waals surface area contributed by atoms with Gasteiger partial charge >= 0.3 is 5.97 Å². The fraction of sp³-hybridized carbons (Fsp3) is 0.462. The molecule has 0 saturated carbocycles. The Labute approximate surface area is 191 Å². The molecule has 0 aliphatic rings. The Morgan fingerprint density at radius 2 is 1.53 bits per heavy atom. The Kier molecular flexibility index (Phi) is 9.88. The van der Waals surface area contributed by atoms with Crippen LogP contribution in [0, 0.1) is 5.92 Å². The van der Waals surface area contributed by atoms with Gasteiger partial charge in [-0.2, -0.15) is 0 Å². The minimum Gasteiger partial charge on any atom is -0.448 e. The van der Waals surface area contributed by atoms with Gasteiger partial charge in [-0.25, -0.2) is 0 Å². The van der Waals surface area contributed by atoms with Crippen molar-refractivity contribution in [3.8, 4) is 0 Å². The van der Waals surface area contributed by atoms with Crippen molar-refractivity contribution >= 4 is 11.9 Å². The van der Waals surface area contributed by atoms with Crippen molar-refractivity contribution in [1.82, 2.24) is 4.90 Å². The third-order valence-electron chi connectivity index (χ3n) is 6.16. The average molecular weight is 440 g/mol. The smallest absolute Gasteiger partial charge is 0.324 e. The second-order valence-electron chi connectivity index (χ2n) is 8.66. The van der Waals surface area contributed by atoms with Gasteiger partial charge in [0, 0.05) is 18.4 Å². The summed E-state index contributed by atoms with van der Waals surface area (Å²) in [6.07, 6.45) is 2.33. The number of esters is 1. The fourth-order valence-electron chi connectivity index (χ4n) is 4.24. The Balaban J connectivity index is 2.16.